The number of benzene rings is 1. The maximum Gasteiger partial charge on any atom is 0.246 e. The van der Waals surface area contributed by atoms with Gasteiger partial charge in [-0.1, -0.05) is 30.3 Å². The maximum absolute atomic E-state index is 11.5. The molecule has 2 rings (SSSR count). The molecule has 1 aromatic carbocycles. The van der Waals surface area contributed by atoms with E-state index in [1.165, 1.54) is 5.56 Å². The Morgan fingerprint density at radius 2 is 2.21 bits per heavy atom. The molecule has 4 nitrogen and oxygen atoms in total. The first-order valence-corrected chi connectivity index (χ1v) is 6.82. The van der Waals surface area contributed by atoms with Crippen molar-refractivity contribution in [1.29, 1.82) is 0 Å². The molecule has 1 heterocycles. The van der Waals surface area contributed by atoms with E-state index in [4.69, 9.17) is 4.74 Å². The Hall–Kier alpha value is -1.39. The molecule has 1 atom stereocenters. The molecule has 1 amide bonds. The fourth-order valence-electron chi connectivity index (χ4n) is 2.56. The number of methoxy groups -OCH3 is 1. The van der Waals surface area contributed by atoms with Gasteiger partial charge in [0.15, 0.2) is 0 Å². The second kappa shape index (κ2) is 7.26. The Labute approximate surface area is 114 Å². The fourth-order valence-corrected chi connectivity index (χ4v) is 2.56. The first-order valence-electron chi connectivity index (χ1n) is 6.82. The summed E-state index contributed by atoms with van der Waals surface area (Å²) in [5.41, 5.74) is 1.33. The topological polar surface area (TPSA) is 41.6 Å². The van der Waals surface area contributed by atoms with Gasteiger partial charge in [-0.25, -0.2) is 0 Å². The highest BCUT2D eigenvalue weighted by Crippen LogP contribution is 2.13. The van der Waals surface area contributed by atoms with E-state index in [9.17, 15) is 4.79 Å². The van der Waals surface area contributed by atoms with Crippen LogP contribution in [0.5, 0.6) is 0 Å². The zero-order valence-electron chi connectivity index (χ0n) is 11.5. The van der Waals surface area contributed by atoms with Gasteiger partial charge >= 0.3 is 0 Å². The molecule has 1 saturated heterocycles. The minimum Gasteiger partial charge on any atom is -0.375 e. The Morgan fingerprint density at radius 3 is 2.95 bits per heavy atom. The fraction of sp³-hybridized carbons (Fsp3) is 0.533. The van der Waals surface area contributed by atoms with E-state index in [0.717, 1.165) is 32.5 Å². The van der Waals surface area contributed by atoms with Gasteiger partial charge in [-0.3, -0.25) is 9.69 Å². The summed E-state index contributed by atoms with van der Waals surface area (Å²) in [6.07, 6.45) is 2.19. The van der Waals surface area contributed by atoms with Crippen LogP contribution in [0, 0.1) is 0 Å². The lowest BCUT2D eigenvalue weighted by atomic mass is 10.0. The lowest BCUT2D eigenvalue weighted by Crippen LogP contribution is -2.48. The highest BCUT2D eigenvalue weighted by Gasteiger charge is 2.21. The van der Waals surface area contributed by atoms with Crippen LogP contribution >= 0.6 is 0 Å². The number of likely N-dealkylation sites (tertiary alicyclic amines) is 1. The zero-order valence-corrected chi connectivity index (χ0v) is 11.5. The van der Waals surface area contributed by atoms with Crippen LogP contribution in [0.4, 0.5) is 0 Å². The third kappa shape index (κ3) is 4.65. The van der Waals surface area contributed by atoms with Crippen molar-refractivity contribution in [3.63, 3.8) is 0 Å². The van der Waals surface area contributed by atoms with E-state index in [1.807, 2.05) is 6.07 Å². The second-order valence-corrected chi connectivity index (χ2v) is 5.06. The molecule has 0 aliphatic carbocycles. The van der Waals surface area contributed by atoms with Gasteiger partial charge < -0.3 is 10.1 Å². The van der Waals surface area contributed by atoms with Gasteiger partial charge in [0.05, 0.1) is 0 Å². The highest BCUT2D eigenvalue weighted by molar-refractivity contribution is 5.77. The number of hydrogen-bond donors (Lipinski definition) is 1. The Balaban J connectivity index is 1.82. The number of ether oxygens (including phenoxy) is 1. The molecule has 1 fully saturated rings. The van der Waals surface area contributed by atoms with Crippen LogP contribution in [0.25, 0.3) is 0 Å². The number of carbonyl (C=O) groups excluding carboxylic acids is 1. The standard InChI is InChI=1S/C15H22N2O2/c1-19-12-15(18)16-14-8-5-9-17(11-14)10-13-6-3-2-4-7-13/h2-4,6-7,14H,5,8-12H2,1H3,(H,16,18)/t14-/m0/s1. The number of rotatable bonds is 5. The van der Waals surface area contributed by atoms with E-state index >= 15 is 0 Å². The first-order chi connectivity index (χ1) is 9.28. The lowest BCUT2D eigenvalue weighted by molar-refractivity contribution is -0.125. The van der Waals surface area contributed by atoms with Crippen LogP contribution in [-0.4, -0.2) is 43.7 Å². The molecule has 0 radical (unpaired) electrons. The molecular weight excluding hydrogens is 240 g/mol. The van der Waals surface area contributed by atoms with Gasteiger partial charge in [-0.05, 0) is 24.9 Å². The Morgan fingerprint density at radius 1 is 1.42 bits per heavy atom. The smallest absolute Gasteiger partial charge is 0.246 e. The summed E-state index contributed by atoms with van der Waals surface area (Å²) in [6.45, 7) is 3.13. The SMILES string of the molecule is COCC(=O)N[C@H]1CCCN(Cc2ccccc2)C1. The summed E-state index contributed by atoms with van der Waals surface area (Å²) in [7, 11) is 1.54. The van der Waals surface area contributed by atoms with E-state index in [2.05, 4.69) is 34.5 Å². The molecule has 0 unspecified atom stereocenters. The number of hydrogen-bond acceptors (Lipinski definition) is 3. The Kier molecular flexibility index (Phi) is 5.36. The molecule has 1 aliphatic heterocycles. The van der Waals surface area contributed by atoms with E-state index in [-0.39, 0.29) is 18.6 Å². The largest absolute Gasteiger partial charge is 0.375 e. The van der Waals surface area contributed by atoms with Gasteiger partial charge in [0.2, 0.25) is 5.91 Å². The van der Waals surface area contributed by atoms with E-state index in [0.29, 0.717) is 0 Å². The van der Waals surface area contributed by atoms with Crippen molar-refractivity contribution >= 4 is 5.91 Å². The minimum atomic E-state index is -0.0194. The number of nitrogens with zero attached hydrogens (tertiary/aromatic N) is 1. The summed E-state index contributed by atoms with van der Waals surface area (Å²) >= 11 is 0. The predicted molar refractivity (Wildman–Crippen MR) is 74.8 cm³/mol. The molecule has 19 heavy (non-hydrogen) atoms. The average molecular weight is 262 g/mol. The molecule has 0 saturated carbocycles. The van der Waals surface area contributed by atoms with Crippen LogP contribution in [0.1, 0.15) is 18.4 Å². The summed E-state index contributed by atoms with van der Waals surface area (Å²) in [5.74, 6) is -0.0194. The van der Waals surface area contributed by atoms with Crippen molar-refractivity contribution in [3.8, 4) is 0 Å². The Bertz CT molecular complexity index is 394. The van der Waals surface area contributed by atoms with Crippen LogP contribution in [0.15, 0.2) is 30.3 Å². The molecule has 1 aromatic rings. The second-order valence-electron chi connectivity index (χ2n) is 5.06. The number of nitrogens with one attached hydrogen (secondary N) is 1. The predicted octanol–water partition coefficient (Wildman–Crippen LogP) is 1.41. The van der Waals surface area contributed by atoms with Crippen molar-refractivity contribution < 1.29 is 9.53 Å². The van der Waals surface area contributed by atoms with Gasteiger partial charge in [0, 0.05) is 26.2 Å². The quantitative estimate of drug-likeness (QED) is 0.872. The van der Waals surface area contributed by atoms with Crippen molar-refractivity contribution in [1.82, 2.24) is 10.2 Å². The van der Waals surface area contributed by atoms with E-state index < -0.39 is 0 Å². The maximum atomic E-state index is 11.5. The van der Waals surface area contributed by atoms with Crippen LogP contribution < -0.4 is 5.32 Å². The molecule has 4 heteroatoms. The average Bonchev–Trinajstić information content (AvgIpc) is 2.40. The van der Waals surface area contributed by atoms with Gasteiger partial charge in [-0.2, -0.15) is 0 Å². The van der Waals surface area contributed by atoms with Gasteiger partial charge in [0.1, 0.15) is 6.61 Å². The van der Waals surface area contributed by atoms with Crippen molar-refractivity contribution in [2.45, 2.75) is 25.4 Å². The summed E-state index contributed by atoms with van der Waals surface area (Å²) < 4.78 is 4.84. The van der Waals surface area contributed by atoms with Gasteiger partial charge in [-0.15, -0.1) is 0 Å². The zero-order chi connectivity index (χ0) is 13.5. The molecule has 0 spiro atoms. The van der Waals surface area contributed by atoms with Crippen LogP contribution in [0.3, 0.4) is 0 Å². The summed E-state index contributed by atoms with van der Waals surface area (Å²) in [5, 5.41) is 3.03. The van der Waals surface area contributed by atoms with Gasteiger partial charge in [0.25, 0.3) is 0 Å². The molecule has 104 valence electrons. The minimum absolute atomic E-state index is 0.0194. The number of carbonyl (C=O) groups is 1. The summed E-state index contributed by atoms with van der Waals surface area (Å²) in [4.78, 5) is 13.9. The molecule has 0 bridgehead atoms. The monoisotopic (exact) mass is 262 g/mol. The number of piperidine rings is 1. The summed E-state index contributed by atoms with van der Waals surface area (Å²) in [6, 6.07) is 10.7. The highest BCUT2D eigenvalue weighted by atomic mass is 16.5. The first kappa shape index (κ1) is 14.0. The van der Waals surface area contributed by atoms with Crippen LogP contribution in [-0.2, 0) is 16.1 Å². The normalized spacial score (nSPS) is 20.2. The molecule has 0 aromatic heterocycles. The molecular formula is C15H22N2O2. The number of amides is 1. The third-order valence-electron chi connectivity index (χ3n) is 3.40. The van der Waals surface area contributed by atoms with Crippen LogP contribution in [0.2, 0.25) is 0 Å². The lowest BCUT2D eigenvalue weighted by Gasteiger charge is -2.33. The van der Waals surface area contributed by atoms with Crippen molar-refractivity contribution in [2.24, 2.45) is 0 Å². The third-order valence-corrected chi connectivity index (χ3v) is 3.40. The van der Waals surface area contributed by atoms with Crippen molar-refractivity contribution in [2.75, 3.05) is 26.8 Å². The van der Waals surface area contributed by atoms with E-state index in [1.54, 1.807) is 7.11 Å². The molecule has 1 N–H and O–H groups in total. The van der Waals surface area contributed by atoms with Crippen molar-refractivity contribution in [3.05, 3.63) is 35.9 Å². The molecule has 1 aliphatic rings.